The Morgan fingerprint density at radius 3 is 2.61 bits per heavy atom. The van der Waals surface area contributed by atoms with E-state index in [1.807, 2.05) is 24.3 Å². The Kier molecular flexibility index (Phi) is 3.90. The number of hydrogen-bond acceptors (Lipinski definition) is 3. The van der Waals surface area contributed by atoms with Crippen molar-refractivity contribution >= 4 is 39.7 Å². The van der Waals surface area contributed by atoms with E-state index >= 15 is 0 Å². The van der Waals surface area contributed by atoms with Gasteiger partial charge in [-0.25, -0.2) is 4.39 Å². The second-order valence-electron chi connectivity index (χ2n) is 3.68. The molecule has 0 aliphatic rings. The summed E-state index contributed by atoms with van der Waals surface area (Å²) in [7, 11) is 1.42. The molecule has 0 unspecified atom stereocenters. The van der Waals surface area contributed by atoms with Gasteiger partial charge in [-0.15, -0.1) is 0 Å². The summed E-state index contributed by atoms with van der Waals surface area (Å²) >= 11 is 2.21. The van der Waals surface area contributed by atoms with Crippen LogP contribution in [0.2, 0.25) is 0 Å². The fourth-order valence-electron chi connectivity index (χ4n) is 1.54. The van der Waals surface area contributed by atoms with Crippen molar-refractivity contribution in [3.63, 3.8) is 0 Å². The molecule has 0 atom stereocenters. The molecule has 18 heavy (non-hydrogen) atoms. The summed E-state index contributed by atoms with van der Waals surface area (Å²) in [6, 6.07) is 10.6. The Hall–Kier alpha value is -1.50. The SMILES string of the molecule is COc1cc(Nc2ccccc2I)c(N)cc1F. The second kappa shape index (κ2) is 5.43. The summed E-state index contributed by atoms with van der Waals surface area (Å²) in [4.78, 5) is 0. The van der Waals surface area contributed by atoms with Gasteiger partial charge in [-0.2, -0.15) is 0 Å². The van der Waals surface area contributed by atoms with Gasteiger partial charge in [0.05, 0.1) is 24.2 Å². The van der Waals surface area contributed by atoms with Crippen LogP contribution in [0.5, 0.6) is 5.75 Å². The average Bonchev–Trinajstić information content (AvgIpc) is 2.35. The quantitative estimate of drug-likeness (QED) is 0.649. The molecule has 0 saturated carbocycles. The molecular formula is C13H12FIN2O. The number of para-hydroxylation sites is 1. The van der Waals surface area contributed by atoms with E-state index in [9.17, 15) is 4.39 Å². The Bertz CT molecular complexity index is 575. The molecule has 3 nitrogen and oxygen atoms in total. The standard InChI is InChI=1S/C13H12FIN2O/c1-18-13-7-12(10(16)6-8(13)14)17-11-5-3-2-4-9(11)15/h2-7,17H,16H2,1H3. The van der Waals surface area contributed by atoms with Crippen molar-refractivity contribution in [2.45, 2.75) is 0 Å². The maximum atomic E-state index is 13.4. The molecule has 2 aromatic carbocycles. The van der Waals surface area contributed by atoms with Gasteiger partial charge in [0.2, 0.25) is 0 Å². The molecule has 0 aliphatic carbocycles. The molecule has 0 saturated heterocycles. The fourth-order valence-corrected chi connectivity index (χ4v) is 2.06. The van der Waals surface area contributed by atoms with E-state index in [0.29, 0.717) is 11.4 Å². The summed E-state index contributed by atoms with van der Waals surface area (Å²) in [5.41, 5.74) is 7.66. The van der Waals surface area contributed by atoms with Gasteiger partial charge in [-0.3, -0.25) is 0 Å². The van der Waals surface area contributed by atoms with Crippen molar-refractivity contribution in [3.05, 3.63) is 45.8 Å². The zero-order chi connectivity index (χ0) is 13.1. The Labute approximate surface area is 118 Å². The number of anilines is 3. The van der Waals surface area contributed by atoms with E-state index in [-0.39, 0.29) is 5.75 Å². The van der Waals surface area contributed by atoms with Crippen LogP contribution in [-0.2, 0) is 0 Å². The first-order chi connectivity index (χ1) is 8.61. The van der Waals surface area contributed by atoms with Crippen molar-refractivity contribution in [2.75, 3.05) is 18.2 Å². The largest absolute Gasteiger partial charge is 0.494 e. The Balaban J connectivity index is 2.38. The minimum absolute atomic E-state index is 0.164. The highest BCUT2D eigenvalue weighted by atomic mass is 127. The molecule has 0 aromatic heterocycles. The third kappa shape index (κ3) is 2.66. The first kappa shape index (κ1) is 12.9. The Morgan fingerprint density at radius 2 is 1.94 bits per heavy atom. The van der Waals surface area contributed by atoms with Crippen LogP contribution in [0, 0.1) is 9.39 Å². The third-order valence-corrected chi connectivity index (χ3v) is 3.41. The van der Waals surface area contributed by atoms with Crippen molar-refractivity contribution in [1.82, 2.24) is 0 Å². The third-order valence-electron chi connectivity index (χ3n) is 2.47. The van der Waals surface area contributed by atoms with Crippen molar-refractivity contribution < 1.29 is 9.13 Å². The van der Waals surface area contributed by atoms with Crippen molar-refractivity contribution in [1.29, 1.82) is 0 Å². The molecule has 2 aromatic rings. The number of rotatable bonds is 3. The number of hydrogen-bond donors (Lipinski definition) is 2. The van der Waals surface area contributed by atoms with Gasteiger partial charge in [0, 0.05) is 15.7 Å². The van der Waals surface area contributed by atoms with Crippen LogP contribution in [0.1, 0.15) is 0 Å². The van der Waals surface area contributed by atoms with Gasteiger partial charge in [0.25, 0.3) is 0 Å². The molecule has 0 amide bonds. The van der Waals surface area contributed by atoms with E-state index in [4.69, 9.17) is 10.5 Å². The molecule has 0 spiro atoms. The fraction of sp³-hybridized carbons (Fsp3) is 0.0769. The van der Waals surface area contributed by atoms with Gasteiger partial charge in [0.15, 0.2) is 11.6 Å². The number of nitrogen functional groups attached to an aromatic ring is 1. The zero-order valence-corrected chi connectivity index (χ0v) is 11.9. The molecular weight excluding hydrogens is 346 g/mol. The smallest absolute Gasteiger partial charge is 0.167 e. The summed E-state index contributed by atoms with van der Waals surface area (Å²) < 4.78 is 19.4. The van der Waals surface area contributed by atoms with Crippen molar-refractivity contribution in [2.24, 2.45) is 0 Å². The molecule has 3 N–H and O–H groups in total. The maximum Gasteiger partial charge on any atom is 0.167 e. The number of ether oxygens (including phenoxy) is 1. The number of halogens is 2. The zero-order valence-electron chi connectivity index (χ0n) is 9.71. The summed E-state index contributed by atoms with van der Waals surface area (Å²) in [6.45, 7) is 0. The van der Waals surface area contributed by atoms with E-state index < -0.39 is 5.82 Å². The van der Waals surface area contributed by atoms with Crippen molar-refractivity contribution in [3.8, 4) is 5.75 Å². The molecule has 0 heterocycles. The summed E-state index contributed by atoms with van der Waals surface area (Å²) in [6.07, 6.45) is 0. The second-order valence-corrected chi connectivity index (χ2v) is 4.84. The summed E-state index contributed by atoms with van der Waals surface area (Å²) in [5.74, 6) is -0.305. The molecule has 0 bridgehead atoms. The van der Waals surface area contributed by atoms with E-state index in [1.165, 1.54) is 13.2 Å². The van der Waals surface area contributed by atoms with Gasteiger partial charge in [0.1, 0.15) is 0 Å². The normalized spacial score (nSPS) is 10.2. The van der Waals surface area contributed by atoms with Crippen LogP contribution in [-0.4, -0.2) is 7.11 Å². The van der Waals surface area contributed by atoms with Gasteiger partial charge >= 0.3 is 0 Å². The number of nitrogens with one attached hydrogen (secondary N) is 1. The van der Waals surface area contributed by atoms with Crippen LogP contribution in [0.3, 0.4) is 0 Å². The van der Waals surface area contributed by atoms with Crippen LogP contribution in [0.15, 0.2) is 36.4 Å². The average molecular weight is 358 g/mol. The molecule has 0 aliphatic heterocycles. The minimum Gasteiger partial charge on any atom is -0.494 e. The van der Waals surface area contributed by atoms with Crippen LogP contribution < -0.4 is 15.8 Å². The molecule has 5 heteroatoms. The molecule has 0 radical (unpaired) electrons. The highest BCUT2D eigenvalue weighted by molar-refractivity contribution is 14.1. The van der Waals surface area contributed by atoms with Gasteiger partial charge in [-0.1, -0.05) is 12.1 Å². The predicted molar refractivity (Wildman–Crippen MR) is 79.8 cm³/mol. The Morgan fingerprint density at radius 1 is 1.22 bits per heavy atom. The van der Waals surface area contributed by atoms with Gasteiger partial charge in [-0.05, 0) is 34.7 Å². The van der Waals surface area contributed by atoms with E-state index in [0.717, 1.165) is 9.26 Å². The topological polar surface area (TPSA) is 47.3 Å². The van der Waals surface area contributed by atoms with Crippen LogP contribution >= 0.6 is 22.6 Å². The highest BCUT2D eigenvalue weighted by Crippen LogP contribution is 2.31. The van der Waals surface area contributed by atoms with Crippen LogP contribution in [0.25, 0.3) is 0 Å². The lowest BCUT2D eigenvalue weighted by Crippen LogP contribution is -2.00. The molecule has 2 rings (SSSR count). The first-order valence-corrected chi connectivity index (χ1v) is 6.34. The number of methoxy groups -OCH3 is 1. The predicted octanol–water partition coefficient (Wildman–Crippen LogP) is 3.76. The maximum absolute atomic E-state index is 13.4. The molecule has 0 fully saturated rings. The molecule has 94 valence electrons. The lowest BCUT2D eigenvalue weighted by Gasteiger charge is -2.12. The van der Waals surface area contributed by atoms with E-state index in [2.05, 4.69) is 27.9 Å². The van der Waals surface area contributed by atoms with E-state index in [1.54, 1.807) is 6.07 Å². The van der Waals surface area contributed by atoms with Crippen LogP contribution in [0.4, 0.5) is 21.5 Å². The monoisotopic (exact) mass is 358 g/mol. The lowest BCUT2D eigenvalue weighted by atomic mass is 10.2. The van der Waals surface area contributed by atoms with Gasteiger partial charge < -0.3 is 15.8 Å². The first-order valence-electron chi connectivity index (χ1n) is 5.26. The summed E-state index contributed by atoms with van der Waals surface area (Å²) in [5, 5.41) is 3.16. The highest BCUT2D eigenvalue weighted by Gasteiger charge is 2.09. The number of nitrogens with two attached hydrogens (primary N) is 1. The minimum atomic E-state index is -0.469. The lowest BCUT2D eigenvalue weighted by molar-refractivity contribution is 0.387. The number of benzene rings is 2.